The fourth-order valence-corrected chi connectivity index (χ4v) is 3.77. The number of piperidine rings is 1. The van der Waals surface area contributed by atoms with Crippen molar-refractivity contribution in [1.29, 1.82) is 0 Å². The second-order valence-corrected chi connectivity index (χ2v) is 7.22. The zero-order valence-electron chi connectivity index (χ0n) is 13.1. The highest BCUT2D eigenvalue weighted by Crippen LogP contribution is 2.30. The second kappa shape index (κ2) is 6.68. The normalized spacial score (nSPS) is 22.8. The van der Waals surface area contributed by atoms with E-state index >= 15 is 0 Å². The van der Waals surface area contributed by atoms with Gasteiger partial charge in [-0.1, -0.05) is 25.6 Å². The molecule has 1 aliphatic heterocycles. The number of carboxylic acids is 1. The Balaban J connectivity index is 2.24. The van der Waals surface area contributed by atoms with E-state index < -0.39 is 5.97 Å². The SMILES string of the molecule is CC1CC(C)CN(c2nnc(SCC(=O)O)n2C(C)C)C1. The zero-order valence-corrected chi connectivity index (χ0v) is 13.9. The molecule has 0 aliphatic carbocycles. The molecule has 7 heteroatoms. The van der Waals surface area contributed by atoms with Crippen LogP contribution in [0.2, 0.25) is 0 Å². The molecule has 2 atom stereocenters. The molecule has 2 rings (SSSR count). The summed E-state index contributed by atoms with van der Waals surface area (Å²) in [5, 5.41) is 18.1. The molecule has 0 spiro atoms. The number of nitrogens with zero attached hydrogens (tertiary/aromatic N) is 4. The van der Waals surface area contributed by atoms with Gasteiger partial charge >= 0.3 is 5.97 Å². The highest BCUT2D eigenvalue weighted by molar-refractivity contribution is 7.99. The van der Waals surface area contributed by atoms with E-state index in [0.29, 0.717) is 17.0 Å². The second-order valence-electron chi connectivity index (χ2n) is 6.28. The van der Waals surface area contributed by atoms with Crippen LogP contribution in [0, 0.1) is 11.8 Å². The fourth-order valence-electron chi connectivity index (χ4n) is 2.99. The Kier molecular flexibility index (Phi) is 5.13. The first-order valence-corrected chi connectivity index (χ1v) is 8.41. The van der Waals surface area contributed by atoms with Crippen molar-refractivity contribution in [1.82, 2.24) is 14.8 Å². The van der Waals surface area contributed by atoms with Gasteiger partial charge in [0, 0.05) is 19.1 Å². The summed E-state index contributed by atoms with van der Waals surface area (Å²) in [4.78, 5) is 13.0. The van der Waals surface area contributed by atoms with Crippen LogP contribution < -0.4 is 4.90 Å². The Morgan fingerprint density at radius 3 is 2.48 bits per heavy atom. The first kappa shape index (κ1) is 16.1. The summed E-state index contributed by atoms with van der Waals surface area (Å²) >= 11 is 1.23. The Bertz CT molecular complexity index is 493. The van der Waals surface area contributed by atoms with Crippen molar-refractivity contribution >= 4 is 23.7 Å². The van der Waals surface area contributed by atoms with Gasteiger partial charge in [0.15, 0.2) is 5.16 Å². The molecule has 0 radical (unpaired) electrons. The Labute approximate surface area is 129 Å². The third-order valence-corrected chi connectivity index (χ3v) is 4.57. The standard InChI is InChI=1S/C14H24N4O2S/c1-9(2)18-13(15-16-14(18)21-8-12(19)20)17-6-10(3)5-11(4)7-17/h9-11H,5-8H2,1-4H3,(H,19,20). The smallest absolute Gasteiger partial charge is 0.313 e. The lowest BCUT2D eigenvalue weighted by Gasteiger charge is -2.36. The molecule has 1 saturated heterocycles. The lowest BCUT2D eigenvalue weighted by molar-refractivity contribution is -0.133. The molecule has 0 aromatic carbocycles. The molecule has 6 nitrogen and oxygen atoms in total. The average molecular weight is 312 g/mol. The molecule has 2 unspecified atom stereocenters. The molecule has 0 saturated carbocycles. The van der Waals surface area contributed by atoms with Gasteiger partial charge in [-0.25, -0.2) is 0 Å². The van der Waals surface area contributed by atoms with E-state index in [4.69, 9.17) is 5.11 Å². The maximum absolute atomic E-state index is 10.8. The first-order chi connectivity index (χ1) is 9.88. The van der Waals surface area contributed by atoms with E-state index in [-0.39, 0.29) is 11.8 Å². The molecule has 1 N–H and O–H groups in total. The number of rotatable bonds is 5. The van der Waals surface area contributed by atoms with Gasteiger partial charge in [0.1, 0.15) is 0 Å². The minimum atomic E-state index is -0.833. The van der Waals surface area contributed by atoms with Crippen LogP contribution in [0.4, 0.5) is 5.95 Å². The summed E-state index contributed by atoms with van der Waals surface area (Å²) in [6.45, 7) is 10.7. The molecule has 1 aromatic rings. The number of carbonyl (C=O) groups is 1. The molecule has 21 heavy (non-hydrogen) atoms. The number of hydrogen-bond acceptors (Lipinski definition) is 5. The van der Waals surface area contributed by atoms with Crippen LogP contribution in [0.25, 0.3) is 0 Å². The largest absolute Gasteiger partial charge is 0.481 e. The number of anilines is 1. The Morgan fingerprint density at radius 1 is 1.33 bits per heavy atom. The summed E-state index contributed by atoms with van der Waals surface area (Å²) in [7, 11) is 0. The summed E-state index contributed by atoms with van der Waals surface area (Å²) in [5.41, 5.74) is 0. The van der Waals surface area contributed by atoms with Crippen LogP contribution in [0.15, 0.2) is 5.16 Å². The molecule has 1 aromatic heterocycles. The topological polar surface area (TPSA) is 71.2 Å². The minimum Gasteiger partial charge on any atom is -0.481 e. The Hall–Kier alpha value is -1.24. The third-order valence-electron chi connectivity index (χ3n) is 3.64. The first-order valence-electron chi connectivity index (χ1n) is 7.43. The van der Waals surface area contributed by atoms with E-state index in [1.807, 2.05) is 0 Å². The van der Waals surface area contributed by atoms with Crippen LogP contribution in [-0.4, -0.2) is 44.7 Å². The predicted molar refractivity (Wildman–Crippen MR) is 83.9 cm³/mol. The van der Waals surface area contributed by atoms with E-state index in [0.717, 1.165) is 19.0 Å². The summed E-state index contributed by atoms with van der Waals surface area (Å²) < 4.78 is 2.05. The van der Waals surface area contributed by atoms with Crippen LogP contribution in [0.5, 0.6) is 0 Å². The van der Waals surface area contributed by atoms with Crippen molar-refractivity contribution in [3.05, 3.63) is 0 Å². The van der Waals surface area contributed by atoms with E-state index in [9.17, 15) is 4.79 Å². The molecule has 1 fully saturated rings. The van der Waals surface area contributed by atoms with E-state index in [1.54, 1.807) is 0 Å². The van der Waals surface area contributed by atoms with Crippen LogP contribution in [-0.2, 0) is 4.79 Å². The number of thioether (sulfide) groups is 1. The van der Waals surface area contributed by atoms with Gasteiger partial charge in [0.2, 0.25) is 5.95 Å². The van der Waals surface area contributed by atoms with Crippen molar-refractivity contribution in [2.75, 3.05) is 23.7 Å². The minimum absolute atomic E-state index is 0.0116. The monoisotopic (exact) mass is 312 g/mol. The fraction of sp³-hybridized carbons (Fsp3) is 0.786. The van der Waals surface area contributed by atoms with Crippen molar-refractivity contribution < 1.29 is 9.90 Å². The number of hydrogen-bond donors (Lipinski definition) is 1. The van der Waals surface area contributed by atoms with E-state index in [2.05, 4.69) is 47.4 Å². The molecular weight excluding hydrogens is 288 g/mol. The third kappa shape index (κ3) is 3.90. The van der Waals surface area contributed by atoms with Gasteiger partial charge in [-0.3, -0.25) is 9.36 Å². The molecule has 0 bridgehead atoms. The van der Waals surface area contributed by atoms with E-state index in [1.165, 1.54) is 18.2 Å². The van der Waals surface area contributed by atoms with Crippen LogP contribution >= 0.6 is 11.8 Å². The van der Waals surface area contributed by atoms with Gasteiger partial charge in [0.25, 0.3) is 0 Å². The molecule has 2 heterocycles. The highest BCUT2D eigenvalue weighted by Gasteiger charge is 2.27. The van der Waals surface area contributed by atoms with Crippen molar-refractivity contribution in [2.45, 2.75) is 45.3 Å². The van der Waals surface area contributed by atoms with Gasteiger partial charge in [-0.2, -0.15) is 0 Å². The predicted octanol–water partition coefficient (Wildman–Crippen LogP) is 2.52. The summed E-state index contributed by atoms with van der Waals surface area (Å²) in [6, 6.07) is 0.207. The van der Waals surface area contributed by atoms with Gasteiger partial charge in [-0.05, 0) is 32.1 Å². The van der Waals surface area contributed by atoms with Gasteiger partial charge in [-0.15, -0.1) is 10.2 Å². The molecule has 118 valence electrons. The van der Waals surface area contributed by atoms with Crippen molar-refractivity contribution in [3.63, 3.8) is 0 Å². The number of aromatic nitrogens is 3. The molecule has 1 aliphatic rings. The lowest BCUT2D eigenvalue weighted by atomic mass is 9.92. The zero-order chi connectivity index (χ0) is 15.6. The van der Waals surface area contributed by atoms with Crippen molar-refractivity contribution in [2.24, 2.45) is 11.8 Å². The highest BCUT2D eigenvalue weighted by atomic mass is 32.2. The maximum Gasteiger partial charge on any atom is 0.313 e. The van der Waals surface area contributed by atoms with Crippen molar-refractivity contribution in [3.8, 4) is 0 Å². The lowest BCUT2D eigenvalue weighted by Crippen LogP contribution is -2.40. The number of carboxylic acid groups (broad SMARTS) is 1. The van der Waals surface area contributed by atoms with Gasteiger partial charge < -0.3 is 10.0 Å². The molecular formula is C14H24N4O2S. The molecule has 0 amide bonds. The van der Waals surface area contributed by atoms with Gasteiger partial charge in [0.05, 0.1) is 5.75 Å². The number of aliphatic carboxylic acids is 1. The summed E-state index contributed by atoms with van der Waals surface area (Å²) in [5.74, 6) is 1.33. The quantitative estimate of drug-likeness (QED) is 0.842. The Morgan fingerprint density at radius 2 is 1.95 bits per heavy atom. The summed E-state index contributed by atoms with van der Waals surface area (Å²) in [6.07, 6.45) is 1.24. The van der Waals surface area contributed by atoms with Crippen LogP contribution in [0.1, 0.15) is 40.2 Å². The average Bonchev–Trinajstić information content (AvgIpc) is 2.78. The van der Waals surface area contributed by atoms with Crippen LogP contribution in [0.3, 0.4) is 0 Å². The maximum atomic E-state index is 10.8.